The minimum Gasteiger partial charge on any atom is -0.351 e. The molecule has 0 aliphatic heterocycles. The van der Waals surface area contributed by atoms with E-state index in [1.807, 2.05) is 19.9 Å². The maximum Gasteiger partial charge on any atom is 0.318 e. The number of thiazole rings is 1. The number of rotatable bonds is 4. The van der Waals surface area contributed by atoms with Crippen LogP contribution in [0.15, 0.2) is 22.5 Å². The summed E-state index contributed by atoms with van der Waals surface area (Å²) in [5.41, 5.74) is 5.79. The molecule has 1 heterocycles. The Morgan fingerprint density at radius 2 is 2.14 bits per heavy atom. The Labute approximate surface area is 135 Å². The molecule has 0 aliphatic carbocycles. The summed E-state index contributed by atoms with van der Waals surface area (Å²) in [7, 11) is 0. The fourth-order valence-corrected chi connectivity index (χ4v) is 4.15. The summed E-state index contributed by atoms with van der Waals surface area (Å²) in [6.45, 7) is 3.81. The van der Waals surface area contributed by atoms with Crippen molar-refractivity contribution in [3.63, 3.8) is 0 Å². The van der Waals surface area contributed by atoms with E-state index in [9.17, 15) is 9.59 Å². The van der Waals surface area contributed by atoms with E-state index in [1.54, 1.807) is 12.1 Å². The van der Waals surface area contributed by atoms with Gasteiger partial charge in [-0.1, -0.05) is 37.2 Å². The Morgan fingerprint density at radius 3 is 2.76 bits per heavy atom. The third-order valence-corrected chi connectivity index (χ3v) is 5.58. The number of imide groups is 1. The molecule has 0 bridgehead atoms. The summed E-state index contributed by atoms with van der Waals surface area (Å²) >= 11 is 8.74. The number of aromatic nitrogens is 1. The molecule has 1 atom stereocenters. The van der Waals surface area contributed by atoms with E-state index in [2.05, 4.69) is 10.3 Å². The summed E-state index contributed by atoms with van der Waals surface area (Å²) in [5.74, 6) is -0.371. The van der Waals surface area contributed by atoms with Crippen LogP contribution in [-0.4, -0.2) is 22.2 Å². The third kappa shape index (κ3) is 4.09. The third-order valence-electron chi connectivity index (χ3n) is 2.67. The topological polar surface area (TPSA) is 85.1 Å². The van der Waals surface area contributed by atoms with Gasteiger partial charge in [-0.25, -0.2) is 9.78 Å². The smallest absolute Gasteiger partial charge is 0.318 e. The standard InChI is InChI=1S/C13H14ClN3O2S2/c1-6(2)10(11(18)17-12(15)19)21-13-16-8-5-7(14)3-4-9(8)20-13/h3-6,10H,1-2H3,(H3,15,17,18,19). The monoisotopic (exact) mass is 343 g/mol. The highest BCUT2D eigenvalue weighted by Gasteiger charge is 2.26. The number of nitrogens with zero attached hydrogens (tertiary/aromatic N) is 1. The van der Waals surface area contributed by atoms with Crippen molar-refractivity contribution < 1.29 is 9.59 Å². The van der Waals surface area contributed by atoms with Crippen LogP contribution in [0.3, 0.4) is 0 Å². The van der Waals surface area contributed by atoms with Gasteiger partial charge < -0.3 is 5.73 Å². The molecule has 3 N–H and O–H groups in total. The maximum atomic E-state index is 12.0. The SMILES string of the molecule is CC(C)C(Sc1nc2cc(Cl)ccc2s1)C(=O)NC(N)=O. The van der Waals surface area contributed by atoms with Crippen LogP contribution in [0.5, 0.6) is 0 Å². The van der Waals surface area contributed by atoms with E-state index in [1.165, 1.54) is 23.1 Å². The van der Waals surface area contributed by atoms with Gasteiger partial charge in [0.05, 0.1) is 15.5 Å². The minimum atomic E-state index is -0.845. The predicted molar refractivity (Wildman–Crippen MR) is 86.8 cm³/mol. The van der Waals surface area contributed by atoms with E-state index in [4.69, 9.17) is 17.3 Å². The first-order valence-electron chi connectivity index (χ1n) is 6.20. The first-order chi connectivity index (χ1) is 9.86. The summed E-state index contributed by atoms with van der Waals surface area (Å²) in [4.78, 5) is 27.3. The van der Waals surface area contributed by atoms with Gasteiger partial charge in [-0.05, 0) is 24.1 Å². The second-order valence-electron chi connectivity index (χ2n) is 4.73. The quantitative estimate of drug-likeness (QED) is 0.834. The number of urea groups is 1. The van der Waals surface area contributed by atoms with Crippen LogP contribution >= 0.6 is 34.7 Å². The van der Waals surface area contributed by atoms with Crippen LogP contribution in [0.2, 0.25) is 5.02 Å². The molecular formula is C13H14ClN3O2S2. The Morgan fingerprint density at radius 1 is 1.43 bits per heavy atom. The number of amides is 3. The largest absolute Gasteiger partial charge is 0.351 e. The number of halogens is 1. The van der Waals surface area contributed by atoms with E-state index in [0.717, 1.165) is 14.6 Å². The number of primary amides is 1. The highest BCUT2D eigenvalue weighted by molar-refractivity contribution is 8.02. The number of hydrogen-bond donors (Lipinski definition) is 2. The first-order valence-corrected chi connectivity index (χ1v) is 8.27. The normalized spacial score (nSPS) is 12.6. The molecule has 112 valence electrons. The number of hydrogen-bond acceptors (Lipinski definition) is 5. The van der Waals surface area contributed by atoms with Gasteiger partial charge in [-0.2, -0.15) is 0 Å². The van der Waals surface area contributed by atoms with Gasteiger partial charge in [0, 0.05) is 5.02 Å². The van der Waals surface area contributed by atoms with Crippen molar-refractivity contribution >= 4 is 56.9 Å². The second kappa shape index (κ2) is 6.64. The van der Waals surface area contributed by atoms with Crippen LogP contribution in [0, 0.1) is 5.92 Å². The van der Waals surface area contributed by atoms with Crippen LogP contribution in [0.1, 0.15) is 13.8 Å². The van der Waals surface area contributed by atoms with Crippen LogP contribution < -0.4 is 11.1 Å². The highest BCUT2D eigenvalue weighted by Crippen LogP contribution is 2.35. The van der Waals surface area contributed by atoms with E-state index >= 15 is 0 Å². The number of carbonyl (C=O) groups is 2. The molecule has 1 unspecified atom stereocenters. The zero-order chi connectivity index (χ0) is 15.6. The molecule has 0 spiro atoms. The van der Waals surface area contributed by atoms with Crippen molar-refractivity contribution in [3.8, 4) is 0 Å². The molecule has 0 fully saturated rings. The van der Waals surface area contributed by atoms with Gasteiger partial charge in [0.15, 0.2) is 4.34 Å². The zero-order valence-corrected chi connectivity index (χ0v) is 13.8. The molecule has 0 radical (unpaired) electrons. The molecular weight excluding hydrogens is 330 g/mol. The van der Waals surface area contributed by atoms with Gasteiger partial charge in [0.2, 0.25) is 5.91 Å². The fraction of sp³-hybridized carbons (Fsp3) is 0.308. The predicted octanol–water partition coefficient (Wildman–Crippen LogP) is 3.26. The molecule has 0 saturated heterocycles. The van der Waals surface area contributed by atoms with E-state index in [-0.39, 0.29) is 5.92 Å². The van der Waals surface area contributed by atoms with Gasteiger partial charge in [0.25, 0.3) is 0 Å². The van der Waals surface area contributed by atoms with Crippen LogP contribution in [0.25, 0.3) is 10.2 Å². The number of thioether (sulfide) groups is 1. The average molecular weight is 344 g/mol. The van der Waals surface area contributed by atoms with Crippen molar-refractivity contribution in [1.29, 1.82) is 0 Å². The van der Waals surface area contributed by atoms with Gasteiger partial charge in [0.1, 0.15) is 0 Å². The Bertz CT molecular complexity index is 687. The van der Waals surface area contributed by atoms with Gasteiger partial charge >= 0.3 is 6.03 Å². The van der Waals surface area contributed by atoms with Gasteiger partial charge in [-0.15, -0.1) is 11.3 Å². The summed E-state index contributed by atoms with van der Waals surface area (Å²) < 4.78 is 1.75. The van der Waals surface area contributed by atoms with E-state index < -0.39 is 17.2 Å². The maximum absolute atomic E-state index is 12.0. The number of nitrogens with two attached hydrogens (primary N) is 1. The number of carbonyl (C=O) groups excluding carboxylic acids is 2. The van der Waals surface area contributed by atoms with Crippen molar-refractivity contribution in [2.45, 2.75) is 23.4 Å². The molecule has 3 amide bonds. The Balaban J connectivity index is 2.22. The number of nitrogens with one attached hydrogen (secondary N) is 1. The molecule has 0 aliphatic rings. The Hall–Kier alpha value is -1.31. The average Bonchev–Trinajstić information content (AvgIpc) is 2.76. The van der Waals surface area contributed by atoms with Crippen LogP contribution in [0.4, 0.5) is 4.79 Å². The lowest BCUT2D eigenvalue weighted by Gasteiger charge is -2.17. The molecule has 0 saturated carbocycles. The minimum absolute atomic E-state index is 0.0324. The lowest BCUT2D eigenvalue weighted by molar-refractivity contribution is -0.120. The summed E-state index contributed by atoms with van der Waals surface area (Å²) in [5, 5.41) is 2.31. The highest BCUT2D eigenvalue weighted by atomic mass is 35.5. The summed E-state index contributed by atoms with van der Waals surface area (Å²) in [6, 6.07) is 4.64. The van der Waals surface area contributed by atoms with Crippen molar-refractivity contribution in [3.05, 3.63) is 23.2 Å². The van der Waals surface area contributed by atoms with Crippen molar-refractivity contribution in [1.82, 2.24) is 10.3 Å². The van der Waals surface area contributed by atoms with E-state index in [0.29, 0.717) is 5.02 Å². The first kappa shape index (κ1) is 16.1. The summed E-state index contributed by atoms with van der Waals surface area (Å²) in [6.07, 6.45) is 0. The van der Waals surface area contributed by atoms with Crippen molar-refractivity contribution in [2.75, 3.05) is 0 Å². The second-order valence-corrected chi connectivity index (χ2v) is 7.58. The number of fused-ring (bicyclic) bond motifs is 1. The number of benzene rings is 1. The zero-order valence-electron chi connectivity index (χ0n) is 11.4. The molecule has 1 aromatic heterocycles. The fourth-order valence-electron chi connectivity index (χ4n) is 1.72. The molecule has 2 aromatic rings. The lowest BCUT2D eigenvalue weighted by Crippen LogP contribution is -2.42. The van der Waals surface area contributed by atoms with Crippen LogP contribution in [-0.2, 0) is 4.79 Å². The van der Waals surface area contributed by atoms with Gasteiger partial charge in [-0.3, -0.25) is 10.1 Å². The molecule has 5 nitrogen and oxygen atoms in total. The Kier molecular flexibility index (Phi) is 5.08. The molecule has 1 aromatic carbocycles. The molecule has 2 rings (SSSR count). The lowest BCUT2D eigenvalue weighted by atomic mass is 10.1. The molecule has 8 heteroatoms. The van der Waals surface area contributed by atoms with Crippen molar-refractivity contribution in [2.24, 2.45) is 11.7 Å². The molecule has 21 heavy (non-hydrogen) atoms.